The largest absolute Gasteiger partial charge is 0.322 e. The number of thiazole rings is 1. The molecule has 6 heteroatoms. The smallest absolute Gasteiger partial charge is 0.201 e. The second-order valence-corrected chi connectivity index (χ2v) is 6.98. The summed E-state index contributed by atoms with van der Waals surface area (Å²) in [6.07, 6.45) is 7.30. The van der Waals surface area contributed by atoms with Crippen LogP contribution in [-0.2, 0) is 0 Å². The van der Waals surface area contributed by atoms with Crippen LogP contribution in [-0.4, -0.2) is 16.5 Å². The lowest BCUT2D eigenvalue weighted by Crippen LogP contribution is -2.11. The molecule has 1 aliphatic rings. The highest BCUT2D eigenvalue weighted by molar-refractivity contribution is 7.18. The van der Waals surface area contributed by atoms with Gasteiger partial charge in [-0.3, -0.25) is 10.1 Å². The lowest BCUT2D eigenvalue weighted by Gasteiger charge is -2.16. The number of hydrogen-bond donors (Lipinski definition) is 1. The zero-order valence-corrected chi connectivity index (χ0v) is 17.3. The van der Waals surface area contributed by atoms with E-state index in [2.05, 4.69) is 42.8 Å². The van der Waals surface area contributed by atoms with Crippen molar-refractivity contribution in [2.24, 2.45) is 11.7 Å². The Balaban J connectivity index is 0.000000800. The topological polar surface area (TPSA) is 82.0 Å². The molecule has 2 atom stereocenters. The van der Waals surface area contributed by atoms with Crippen LogP contribution >= 0.6 is 11.3 Å². The molecule has 0 bridgehead atoms. The number of hydrogen-bond acceptors (Lipinski definition) is 5. The van der Waals surface area contributed by atoms with Crippen molar-refractivity contribution in [2.75, 3.05) is 6.54 Å². The van der Waals surface area contributed by atoms with Gasteiger partial charge in [0.1, 0.15) is 5.01 Å². The quantitative estimate of drug-likeness (QED) is 0.478. The molecule has 0 spiro atoms. The van der Waals surface area contributed by atoms with Crippen LogP contribution in [0.3, 0.4) is 0 Å². The molecule has 0 saturated heterocycles. The predicted octanol–water partition coefficient (Wildman–Crippen LogP) is 6.32. The fourth-order valence-corrected chi connectivity index (χ4v) is 3.29. The van der Waals surface area contributed by atoms with E-state index in [9.17, 15) is 10.1 Å². The summed E-state index contributed by atoms with van der Waals surface area (Å²) in [4.78, 5) is 13.4. The minimum atomic E-state index is -0.375. The number of nitrogens with two attached hydrogens (primary N) is 1. The first-order chi connectivity index (χ1) is 12.9. The van der Waals surface area contributed by atoms with Gasteiger partial charge in [0.2, 0.25) is 6.54 Å². The third-order valence-electron chi connectivity index (χ3n) is 3.90. The van der Waals surface area contributed by atoms with E-state index in [1.165, 1.54) is 17.2 Å². The van der Waals surface area contributed by atoms with E-state index in [1.807, 2.05) is 32.0 Å². The molecule has 0 saturated carbocycles. The van der Waals surface area contributed by atoms with Crippen molar-refractivity contribution in [3.63, 3.8) is 0 Å². The first-order valence-corrected chi connectivity index (χ1v) is 10.0. The van der Waals surface area contributed by atoms with Crippen LogP contribution in [0.15, 0.2) is 60.2 Å². The van der Waals surface area contributed by atoms with Crippen molar-refractivity contribution in [3.8, 4) is 0 Å². The summed E-state index contributed by atoms with van der Waals surface area (Å²) in [6, 6.07) is 8.12. The van der Waals surface area contributed by atoms with Crippen LogP contribution in [0.1, 0.15) is 52.6 Å². The third kappa shape index (κ3) is 7.74. The summed E-state index contributed by atoms with van der Waals surface area (Å²) in [6.45, 7) is 11.8. The fraction of sp³-hybridized carbons (Fsp3) is 0.409. The van der Waals surface area contributed by atoms with Crippen molar-refractivity contribution >= 4 is 21.6 Å². The van der Waals surface area contributed by atoms with Crippen molar-refractivity contribution in [1.29, 1.82) is 0 Å². The Kier molecular flexibility index (Phi) is 11.9. The third-order valence-corrected chi connectivity index (χ3v) is 5.06. The van der Waals surface area contributed by atoms with Gasteiger partial charge in [0, 0.05) is 11.8 Å². The second-order valence-electron chi connectivity index (χ2n) is 5.92. The zero-order chi connectivity index (χ0) is 20.4. The highest BCUT2D eigenvalue weighted by Crippen LogP contribution is 2.30. The van der Waals surface area contributed by atoms with Gasteiger partial charge >= 0.3 is 0 Å². The highest BCUT2D eigenvalue weighted by atomic mass is 32.1. The Morgan fingerprint density at radius 2 is 1.96 bits per heavy atom. The molecule has 2 aromatic rings. The summed E-state index contributed by atoms with van der Waals surface area (Å²) >= 11 is 1.69. The molecule has 2 unspecified atom stereocenters. The van der Waals surface area contributed by atoms with Gasteiger partial charge in [-0.05, 0) is 35.6 Å². The van der Waals surface area contributed by atoms with Gasteiger partial charge < -0.3 is 5.73 Å². The maximum atomic E-state index is 9.17. The lowest BCUT2D eigenvalue weighted by molar-refractivity contribution is -0.475. The number of nitro groups is 1. The molecular weight excluding hydrogens is 370 g/mol. The monoisotopic (exact) mass is 403 g/mol. The molecule has 0 aliphatic heterocycles. The fourth-order valence-electron chi connectivity index (χ4n) is 2.33. The SMILES string of the molecule is C.C=C1C=C(CC(N)c2nc3ccccc3s2)C=CC1C.CC.CC[N+](=O)[O-]. The normalized spacial score (nSPS) is 16.0. The molecule has 1 heterocycles. The minimum absolute atomic E-state index is 0. The molecule has 2 N–H and O–H groups in total. The van der Waals surface area contributed by atoms with E-state index in [1.54, 1.807) is 11.3 Å². The van der Waals surface area contributed by atoms with Crippen LogP contribution in [0.5, 0.6) is 0 Å². The summed E-state index contributed by atoms with van der Waals surface area (Å²) < 4.78 is 1.20. The second kappa shape index (κ2) is 13.0. The first kappa shape index (κ1) is 25.7. The Labute approximate surface area is 172 Å². The number of para-hydroxylation sites is 1. The Morgan fingerprint density at radius 3 is 2.50 bits per heavy atom. The number of allylic oxidation sites excluding steroid dienone is 4. The average molecular weight is 404 g/mol. The van der Waals surface area contributed by atoms with Gasteiger partial charge in [0.15, 0.2) is 0 Å². The number of aromatic nitrogens is 1. The summed E-state index contributed by atoms with van der Waals surface area (Å²) in [5, 5.41) is 10.2. The zero-order valence-electron chi connectivity index (χ0n) is 16.5. The molecule has 1 aliphatic carbocycles. The van der Waals surface area contributed by atoms with Crippen LogP contribution in [0.4, 0.5) is 0 Å². The Bertz CT molecular complexity index is 791. The standard InChI is InChI=1S/C17H18N2S.C2H5NO2.C2H6.CH4/c1-11-7-8-13(9-12(11)2)10-14(18)17-19-15-5-3-4-6-16(15)20-17;1-2-3(4)5;1-2;/h3-9,11,14H,2,10,18H2,1H3;2H2,1H3;1-2H3;1H4. The van der Waals surface area contributed by atoms with Gasteiger partial charge in [-0.2, -0.15) is 0 Å². The minimum Gasteiger partial charge on any atom is -0.322 e. The molecule has 0 radical (unpaired) electrons. The van der Waals surface area contributed by atoms with E-state index in [-0.39, 0.29) is 24.9 Å². The van der Waals surface area contributed by atoms with Crippen molar-refractivity contribution < 1.29 is 4.92 Å². The molecule has 0 amide bonds. The van der Waals surface area contributed by atoms with E-state index >= 15 is 0 Å². The molecule has 1 aromatic heterocycles. The van der Waals surface area contributed by atoms with Crippen LogP contribution < -0.4 is 5.73 Å². The summed E-state index contributed by atoms with van der Waals surface area (Å²) in [5.41, 5.74) is 9.74. The summed E-state index contributed by atoms with van der Waals surface area (Å²) in [7, 11) is 0. The first-order valence-electron chi connectivity index (χ1n) is 9.21. The van der Waals surface area contributed by atoms with Crippen LogP contribution in [0.2, 0.25) is 0 Å². The van der Waals surface area contributed by atoms with E-state index in [4.69, 9.17) is 5.73 Å². The van der Waals surface area contributed by atoms with Gasteiger partial charge in [-0.15, -0.1) is 11.3 Å². The molecule has 3 rings (SSSR count). The maximum absolute atomic E-state index is 9.17. The lowest BCUT2D eigenvalue weighted by atomic mass is 9.91. The molecule has 28 heavy (non-hydrogen) atoms. The van der Waals surface area contributed by atoms with Crippen molar-refractivity contribution in [2.45, 2.75) is 47.6 Å². The molecule has 5 nitrogen and oxygen atoms in total. The molecule has 1 aromatic carbocycles. The molecule has 0 fully saturated rings. The Hall–Kier alpha value is -2.31. The van der Waals surface area contributed by atoms with Crippen molar-refractivity contribution in [1.82, 2.24) is 4.98 Å². The van der Waals surface area contributed by atoms with Gasteiger partial charge in [-0.1, -0.05) is 65.1 Å². The highest BCUT2D eigenvalue weighted by Gasteiger charge is 2.15. The number of benzene rings is 1. The Morgan fingerprint density at radius 1 is 1.36 bits per heavy atom. The van der Waals surface area contributed by atoms with Gasteiger partial charge in [0.05, 0.1) is 16.3 Å². The molecular formula is C22H33N3O2S. The number of fused-ring (bicyclic) bond motifs is 1. The van der Waals surface area contributed by atoms with E-state index in [0.717, 1.165) is 22.5 Å². The van der Waals surface area contributed by atoms with Crippen molar-refractivity contribution in [3.05, 3.63) is 75.3 Å². The maximum Gasteiger partial charge on any atom is 0.201 e. The number of rotatable bonds is 4. The average Bonchev–Trinajstić information content (AvgIpc) is 3.11. The van der Waals surface area contributed by atoms with Gasteiger partial charge in [0.25, 0.3) is 0 Å². The molecule has 154 valence electrons. The van der Waals surface area contributed by atoms with E-state index in [0.29, 0.717) is 5.92 Å². The van der Waals surface area contributed by atoms with Crippen LogP contribution in [0, 0.1) is 16.0 Å². The summed E-state index contributed by atoms with van der Waals surface area (Å²) in [5.74, 6) is 0.428. The predicted molar refractivity (Wildman–Crippen MR) is 122 cm³/mol. The number of nitrogens with zero attached hydrogens (tertiary/aromatic N) is 2. The van der Waals surface area contributed by atoms with E-state index < -0.39 is 0 Å². The van der Waals surface area contributed by atoms with Gasteiger partial charge in [-0.25, -0.2) is 4.98 Å². The van der Waals surface area contributed by atoms with Crippen LogP contribution in [0.25, 0.3) is 10.2 Å².